The molecule has 0 aromatic heterocycles. The molecule has 3 N–H and O–H groups in total. The lowest BCUT2D eigenvalue weighted by atomic mass is 9.82. The van der Waals surface area contributed by atoms with Crippen LogP contribution >= 0.6 is 11.6 Å². The second-order valence-corrected chi connectivity index (χ2v) is 5.72. The van der Waals surface area contributed by atoms with Gasteiger partial charge in [0.25, 0.3) is 0 Å². The van der Waals surface area contributed by atoms with Crippen LogP contribution in [0.4, 0.5) is 4.39 Å². The standard InChI is InChI=1S/C16H25ClFNO/c1-3-5-6-11(4-2)16(20)14(10-19)13-8-7-12(18)9-15(13)17/h7-9,11,14,16,20H,3-6,10,19H2,1-2H3. The molecule has 0 aliphatic heterocycles. The highest BCUT2D eigenvalue weighted by molar-refractivity contribution is 6.31. The van der Waals surface area contributed by atoms with Gasteiger partial charge in [0, 0.05) is 17.5 Å². The summed E-state index contributed by atoms with van der Waals surface area (Å²) in [6.07, 6.45) is 3.53. The molecule has 0 radical (unpaired) electrons. The number of aliphatic hydroxyl groups excluding tert-OH is 1. The summed E-state index contributed by atoms with van der Waals surface area (Å²) in [6, 6.07) is 4.27. The molecule has 0 saturated carbocycles. The SMILES string of the molecule is CCCCC(CC)C(O)C(CN)c1ccc(F)cc1Cl. The third-order valence-corrected chi connectivity index (χ3v) is 4.29. The van der Waals surface area contributed by atoms with Crippen molar-refractivity contribution in [3.05, 3.63) is 34.6 Å². The van der Waals surface area contributed by atoms with Gasteiger partial charge < -0.3 is 10.8 Å². The lowest BCUT2D eigenvalue weighted by molar-refractivity contribution is 0.0743. The minimum atomic E-state index is -0.542. The van der Waals surface area contributed by atoms with Crippen molar-refractivity contribution in [1.29, 1.82) is 0 Å². The van der Waals surface area contributed by atoms with E-state index in [1.807, 2.05) is 0 Å². The number of rotatable bonds is 8. The Hall–Kier alpha value is -0.640. The topological polar surface area (TPSA) is 46.2 Å². The van der Waals surface area contributed by atoms with Crippen molar-refractivity contribution in [3.63, 3.8) is 0 Å². The van der Waals surface area contributed by atoms with Gasteiger partial charge >= 0.3 is 0 Å². The Balaban J connectivity index is 2.92. The first-order valence-corrected chi connectivity index (χ1v) is 7.75. The van der Waals surface area contributed by atoms with Gasteiger partial charge in [0.1, 0.15) is 5.82 Å². The van der Waals surface area contributed by atoms with Gasteiger partial charge in [-0.05, 0) is 30.0 Å². The Kier molecular flexibility index (Phi) is 7.49. The van der Waals surface area contributed by atoms with Crippen LogP contribution in [-0.2, 0) is 0 Å². The fraction of sp³-hybridized carbons (Fsp3) is 0.625. The van der Waals surface area contributed by atoms with Crippen LogP contribution in [0.1, 0.15) is 51.0 Å². The normalized spacial score (nSPS) is 15.9. The van der Waals surface area contributed by atoms with E-state index in [-0.39, 0.29) is 17.7 Å². The first-order valence-electron chi connectivity index (χ1n) is 7.38. The number of hydrogen-bond acceptors (Lipinski definition) is 2. The number of benzene rings is 1. The van der Waals surface area contributed by atoms with Gasteiger partial charge in [-0.2, -0.15) is 0 Å². The van der Waals surface area contributed by atoms with Crippen LogP contribution in [0.15, 0.2) is 18.2 Å². The molecule has 20 heavy (non-hydrogen) atoms. The Bertz CT molecular complexity index is 413. The van der Waals surface area contributed by atoms with Crippen LogP contribution in [0.5, 0.6) is 0 Å². The number of nitrogens with two attached hydrogens (primary N) is 1. The molecule has 1 rings (SSSR count). The summed E-state index contributed by atoms with van der Waals surface area (Å²) >= 11 is 6.09. The van der Waals surface area contributed by atoms with Gasteiger partial charge in [0.15, 0.2) is 0 Å². The van der Waals surface area contributed by atoms with E-state index >= 15 is 0 Å². The smallest absolute Gasteiger partial charge is 0.124 e. The first-order chi connectivity index (χ1) is 9.54. The average molecular weight is 302 g/mol. The number of aliphatic hydroxyl groups is 1. The second kappa shape index (κ2) is 8.60. The molecule has 1 aromatic carbocycles. The highest BCUT2D eigenvalue weighted by Crippen LogP contribution is 2.32. The zero-order valence-corrected chi connectivity index (χ0v) is 13.0. The fourth-order valence-corrected chi connectivity index (χ4v) is 2.97. The predicted molar refractivity (Wildman–Crippen MR) is 82.5 cm³/mol. The number of unbranched alkanes of at least 4 members (excludes halogenated alkanes) is 1. The summed E-state index contributed by atoms with van der Waals surface area (Å²) in [5, 5.41) is 10.9. The van der Waals surface area contributed by atoms with Crippen LogP contribution in [0.2, 0.25) is 5.02 Å². The Morgan fingerprint density at radius 2 is 2.05 bits per heavy atom. The maximum atomic E-state index is 13.1. The van der Waals surface area contributed by atoms with E-state index in [2.05, 4.69) is 13.8 Å². The Morgan fingerprint density at radius 1 is 1.35 bits per heavy atom. The number of hydrogen-bond donors (Lipinski definition) is 2. The molecule has 0 amide bonds. The highest BCUT2D eigenvalue weighted by atomic mass is 35.5. The molecule has 0 saturated heterocycles. The van der Waals surface area contributed by atoms with Crippen molar-refractivity contribution in [2.75, 3.05) is 6.54 Å². The highest BCUT2D eigenvalue weighted by Gasteiger charge is 2.28. The molecule has 2 nitrogen and oxygen atoms in total. The molecule has 1 aromatic rings. The monoisotopic (exact) mass is 301 g/mol. The fourth-order valence-electron chi connectivity index (χ4n) is 2.66. The lowest BCUT2D eigenvalue weighted by Gasteiger charge is -2.29. The average Bonchev–Trinajstić information content (AvgIpc) is 2.42. The van der Waals surface area contributed by atoms with E-state index in [1.165, 1.54) is 12.1 Å². The molecule has 3 unspecified atom stereocenters. The van der Waals surface area contributed by atoms with Gasteiger partial charge in [-0.1, -0.05) is 50.8 Å². The lowest BCUT2D eigenvalue weighted by Crippen LogP contribution is -2.32. The van der Waals surface area contributed by atoms with Crippen molar-refractivity contribution in [2.24, 2.45) is 11.7 Å². The van der Waals surface area contributed by atoms with Crippen molar-refractivity contribution in [3.8, 4) is 0 Å². The Morgan fingerprint density at radius 3 is 2.55 bits per heavy atom. The predicted octanol–water partition coefficient (Wildman–Crippen LogP) is 4.10. The molecular formula is C16H25ClFNO. The van der Waals surface area contributed by atoms with Crippen molar-refractivity contribution < 1.29 is 9.50 Å². The third kappa shape index (κ3) is 4.44. The van der Waals surface area contributed by atoms with Crippen LogP contribution < -0.4 is 5.73 Å². The summed E-state index contributed by atoms with van der Waals surface area (Å²) in [6.45, 7) is 4.51. The second-order valence-electron chi connectivity index (χ2n) is 5.31. The first kappa shape index (κ1) is 17.4. The maximum Gasteiger partial charge on any atom is 0.124 e. The van der Waals surface area contributed by atoms with Crippen LogP contribution in [0, 0.1) is 11.7 Å². The molecular weight excluding hydrogens is 277 g/mol. The molecule has 0 bridgehead atoms. The minimum Gasteiger partial charge on any atom is -0.392 e. The van der Waals surface area contributed by atoms with E-state index in [0.29, 0.717) is 11.6 Å². The maximum absolute atomic E-state index is 13.1. The minimum absolute atomic E-state index is 0.199. The Labute approximate surface area is 126 Å². The summed E-state index contributed by atoms with van der Waals surface area (Å²) < 4.78 is 13.1. The zero-order chi connectivity index (χ0) is 15.1. The summed E-state index contributed by atoms with van der Waals surface area (Å²) in [7, 11) is 0. The van der Waals surface area contributed by atoms with Crippen molar-refractivity contribution >= 4 is 11.6 Å². The van der Waals surface area contributed by atoms with E-state index in [0.717, 1.165) is 31.2 Å². The van der Waals surface area contributed by atoms with E-state index in [1.54, 1.807) is 6.07 Å². The van der Waals surface area contributed by atoms with Crippen molar-refractivity contribution in [1.82, 2.24) is 0 Å². The molecule has 114 valence electrons. The summed E-state index contributed by atoms with van der Waals surface area (Å²) in [5.41, 5.74) is 6.56. The molecule has 0 aliphatic rings. The third-order valence-electron chi connectivity index (χ3n) is 3.96. The van der Waals surface area contributed by atoms with Crippen LogP contribution in [0.25, 0.3) is 0 Å². The quantitative estimate of drug-likeness (QED) is 0.759. The molecule has 0 fully saturated rings. The van der Waals surface area contributed by atoms with E-state index in [4.69, 9.17) is 17.3 Å². The van der Waals surface area contributed by atoms with E-state index < -0.39 is 6.10 Å². The molecule has 0 heterocycles. The summed E-state index contributed by atoms with van der Waals surface area (Å²) in [5.74, 6) is -0.420. The molecule has 3 atom stereocenters. The zero-order valence-electron chi connectivity index (χ0n) is 12.3. The number of halogens is 2. The van der Waals surface area contributed by atoms with Gasteiger partial charge in [0.05, 0.1) is 6.10 Å². The molecule has 0 spiro atoms. The van der Waals surface area contributed by atoms with Gasteiger partial charge in [-0.25, -0.2) is 4.39 Å². The molecule has 0 aliphatic carbocycles. The van der Waals surface area contributed by atoms with Gasteiger partial charge in [0.2, 0.25) is 0 Å². The van der Waals surface area contributed by atoms with Crippen LogP contribution in [0.3, 0.4) is 0 Å². The van der Waals surface area contributed by atoms with Gasteiger partial charge in [-0.15, -0.1) is 0 Å². The van der Waals surface area contributed by atoms with Gasteiger partial charge in [-0.3, -0.25) is 0 Å². The van der Waals surface area contributed by atoms with E-state index in [9.17, 15) is 9.50 Å². The van der Waals surface area contributed by atoms with Crippen LogP contribution in [-0.4, -0.2) is 17.8 Å². The summed E-state index contributed by atoms with van der Waals surface area (Å²) in [4.78, 5) is 0. The largest absolute Gasteiger partial charge is 0.392 e. The van der Waals surface area contributed by atoms with Crippen molar-refractivity contribution in [2.45, 2.75) is 51.6 Å². The molecule has 4 heteroatoms.